The van der Waals surface area contributed by atoms with Crippen molar-refractivity contribution in [2.75, 3.05) is 69.9 Å². The minimum absolute atomic E-state index is 0.0353. The van der Waals surface area contributed by atoms with Crippen LogP contribution in [0.3, 0.4) is 0 Å². The minimum atomic E-state index is -2.80. The van der Waals surface area contributed by atoms with Gasteiger partial charge in [0.15, 0.2) is 5.82 Å². The van der Waals surface area contributed by atoms with Gasteiger partial charge in [0, 0.05) is 99.2 Å². The van der Waals surface area contributed by atoms with Crippen molar-refractivity contribution in [3.05, 3.63) is 76.2 Å². The van der Waals surface area contributed by atoms with E-state index in [9.17, 15) is 37.5 Å². The summed E-state index contributed by atoms with van der Waals surface area (Å²) < 4.78 is 44.7. The lowest BCUT2D eigenvalue weighted by atomic mass is 9.92. The summed E-state index contributed by atoms with van der Waals surface area (Å²) in [5, 5.41) is 20.3. The van der Waals surface area contributed by atoms with E-state index in [-0.39, 0.29) is 73.8 Å². The lowest BCUT2D eigenvalue weighted by molar-refractivity contribution is -0.136. The third kappa shape index (κ3) is 8.83. The average molecular weight is 912 g/mol. The van der Waals surface area contributed by atoms with Gasteiger partial charge in [0.2, 0.25) is 17.7 Å². The van der Waals surface area contributed by atoms with Crippen LogP contribution in [0, 0.1) is 0 Å². The Balaban J connectivity index is 0.791. The van der Waals surface area contributed by atoms with E-state index in [0.717, 1.165) is 41.0 Å². The van der Waals surface area contributed by atoms with Gasteiger partial charge in [-0.15, -0.1) is 0 Å². The van der Waals surface area contributed by atoms with Gasteiger partial charge in [0.1, 0.15) is 12.6 Å². The van der Waals surface area contributed by atoms with E-state index in [4.69, 9.17) is 14.6 Å². The fourth-order valence-electron chi connectivity index (χ4n) is 9.51. The van der Waals surface area contributed by atoms with Crippen LogP contribution < -0.4 is 26.2 Å². The molecule has 5 aliphatic rings. The molecule has 0 radical (unpaired) electrons. The van der Waals surface area contributed by atoms with Gasteiger partial charge in [-0.05, 0) is 73.6 Å². The number of nitrogens with one attached hydrogen (secondary N) is 4. The highest BCUT2D eigenvalue weighted by Gasteiger charge is 2.45. The van der Waals surface area contributed by atoms with Crippen LogP contribution in [0.25, 0.3) is 11.1 Å². The maximum Gasteiger partial charge on any atom is 0.317 e. The first-order valence-corrected chi connectivity index (χ1v) is 22.3. The van der Waals surface area contributed by atoms with Gasteiger partial charge in [-0.25, -0.2) is 13.6 Å². The Morgan fingerprint density at radius 2 is 1.76 bits per heavy atom. The van der Waals surface area contributed by atoms with E-state index in [1.54, 1.807) is 36.3 Å². The summed E-state index contributed by atoms with van der Waals surface area (Å²) in [7, 11) is 1.61. The summed E-state index contributed by atoms with van der Waals surface area (Å²) in [6.07, 6.45) is 4.10. The maximum atomic E-state index is 15.0. The van der Waals surface area contributed by atoms with E-state index >= 15 is 0 Å². The number of benzene rings is 2. The first-order chi connectivity index (χ1) is 32.0. The van der Waals surface area contributed by atoms with Crippen LogP contribution in [0.5, 0.6) is 0 Å². The number of nitrogens with zero attached hydrogens (tertiary/aromatic N) is 7. The topological polar surface area (TPSA) is 214 Å². The Bertz CT molecular complexity index is 2570. The summed E-state index contributed by atoms with van der Waals surface area (Å²) in [5.41, 5.74) is 5.12. The molecule has 21 heteroatoms. The Hall–Kier alpha value is -6.74. The van der Waals surface area contributed by atoms with Crippen molar-refractivity contribution in [3.63, 3.8) is 0 Å². The Labute approximate surface area is 378 Å². The van der Waals surface area contributed by atoms with Gasteiger partial charge in [-0.2, -0.15) is 10.2 Å². The van der Waals surface area contributed by atoms with Crippen LogP contribution in [-0.2, 0) is 49.8 Å². The SMILES string of the molecule is CNC(=O)N1CCc2c(c(N3CCCc4cc(-c5cnn(CC(=O)NCCOCCNc6ccc7c(c6)C(=O)N(C6CCC(=O)NC6=O)C7=O)c5)c(C(F)F)cc43)nn2C2CCOCC2)C1. The molecule has 2 aromatic heterocycles. The minimum Gasteiger partial charge on any atom is -0.383 e. The summed E-state index contributed by atoms with van der Waals surface area (Å²) in [4.78, 5) is 80.3. The zero-order valence-corrected chi connectivity index (χ0v) is 36.4. The molecular weight excluding hydrogens is 861 g/mol. The predicted octanol–water partition coefficient (Wildman–Crippen LogP) is 3.46. The van der Waals surface area contributed by atoms with Gasteiger partial charge < -0.3 is 35.2 Å². The van der Waals surface area contributed by atoms with Crippen molar-refractivity contribution in [1.82, 2.24) is 45.3 Å². The highest BCUT2D eigenvalue weighted by atomic mass is 19.3. The van der Waals surface area contributed by atoms with Gasteiger partial charge in [-0.3, -0.25) is 43.6 Å². The standard InChI is InChI=1S/C45H51F2N11O8/c1-48-45(64)54-14-8-35-34(24-54)41(53-58(35)29-9-15-65-16-10-29)56-13-2-3-26-19-31(32(40(46)47)21-37(26)56)27-22-51-55(23-27)25-39(60)50-12-18-66-17-11-49-28-4-5-30-33(20-28)44(63)57(43(30)62)36-6-7-38(59)52-42(36)61/h4-5,19-23,29,36,40,49H,2-3,6-18,24-25H2,1H3,(H,48,64)(H,50,60)(H,52,59,61). The van der Waals surface area contributed by atoms with Crippen LogP contribution >= 0.6 is 0 Å². The highest BCUT2D eigenvalue weighted by Crippen LogP contribution is 2.44. The van der Waals surface area contributed by atoms with Crippen LogP contribution in [0.4, 0.5) is 30.8 Å². The molecule has 9 rings (SSSR count). The van der Waals surface area contributed by atoms with Crippen LogP contribution in [0.1, 0.15) is 87.7 Å². The van der Waals surface area contributed by atoms with Gasteiger partial charge in [-0.1, -0.05) is 0 Å². The van der Waals surface area contributed by atoms with E-state index in [2.05, 4.69) is 31.0 Å². The largest absolute Gasteiger partial charge is 0.383 e. The number of aryl methyl sites for hydroxylation is 1. The molecule has 0 spiro atoms. The third-order valence-electron chi connectivity index (χ3n) is 12.8. The van der Waals surface area contributed by atoms with Gasteiger partial charge in [0.05, 0.1) is 43.1 Å². The Morgan fingerprint density at radius 1 is 0.955 bits per heavy atom. The average Bonchev–Trinajstić information content (AvgIpc) is 4.01. The first kappa shape index (κ1) is 44.5. The van der Waals surface area contributed by atoms with Crippen molar-refractivity contribution in [2.45, 2.75) is 76.5 Å². The van der Waals surface area contributed by atoms with Crippen molar-refractivity contribution in [1.29, 1.82) is 0 Å². The molecule has 1 atom stereocenters. The van der Waals surface area contributed by atoms with Crippen molar-refractivity contribution < 1.29 is 47.0 Å². The normalized spacial score (nSPS) is 18.6. The number of imide groups is 2. The molecule has 1 unspecified atom stereocenters. The number of aromatic nitrogens is 4. The molecule has 0 aliphatic carbocycles. The van der Waals surface area contributed by atoms with Crippen molar-refractivity contribution in [3.8, 4) is 11.1 Å². The summed E-state index contributed by atoms with van der Waals surface area (Å²) in [6, 6.07) is 6.99. The van der Waals surface area contributed by atoms with E-state index < -0.39 is 36.1 Å². The lowest BCUT2D eigenvalue weighted by Gasteiger charge is -2.33. The molecular formula is C45H51F2N11O8. The van der Waals surface area contributed by atoms with Gasteiger partial charge in [0.25, 0.3) is 18.2 Å². The molecule has 0 saturated carbocycles. The van der Waals surface area contributed by atoms with E-state index in [1.165, 1.54) is 23.0 Å². The monoisotopic (exact) mass is 911 g/mol. The van der Waals surface area contributed by atoms with Crippen molar-refractivity contribution in [2.24, 2.45) is 0 Å². The lowest BCUT2D eigenvalue weighted by Crippen LogP contribution is -2.54. The quantitative estimate of drug-likeness (QED) is 0.106. The molecule has 4 aromatic rings. The molecule has 2 saturated heterocycles. The number of piperidine rings is 1. The number of ether oxygens (including phenoxy) is 2. The molecule has 66 heavy (non-hydrogen) atoms. The maximum absolute atomic E-state index is 15.0. The number of alkyl halides is 2. The second-order valence-corrected chi connectivity index (χ2v) is 16.9. The zero-order valence-electron chi connectivity index (χ0n) is 36.4. The fourth-order valence-corrected chi connectivity index (χ4v) is 9.51. The number of anilines is 3. The molecule has 348 valence electrons. The Morgan fingerprint density at radius 3 is 2.55 bits per heavy atom. The van der Waals surface area contributed by atoms with E-state index in [0.29, 0.717) is 80.6 Å². The number of hydrogen-bond acceptors (Lipinski definition) is 12. The van der Waals surface area contributed by atoms with Gasteiger partial charge >= 0.3 is 6.03 Å². The summed E-state index contributed by atoms with van der Waals surface area (Å²) in [6.45, 7) is 3.64. The number of hydrogen-bond donors (Lipinski definition) is 4. The van der Waals surface area contributed by atoms with Crippen LogP contribution in [-0.4, -0.2) is 131 Å². The van der Waals surface area contributed by atoms with E-state index in [1.807, 2.05) is 4.90 Å². The number of halogens is 2. The smallest absolute Gasteiger partial charge is 0.317 e. The number of urea groups is 1. The number of carbonyl (C=O) groups is 6. The molecule has 7 amide bonds. The second-order valence-electron chi connectivity index (χ2n) is 16.9. The Kier molecular flexibility index (Phi) is 12.8. The molecule has 19 nitrogen and oxygen atoms in total. The zero-order chi connectivity index (χ0) is 46.1. The third-order valence-corrected chi connectivity index (χ3v) is 12.8. The predicted molar refractivity (Wildman–Crippen MR) is 233 cm³/mol. The second kappa shape index (κ2) is 19.0. The molecule has 2 fully saturated rings. The molecule has 5 aliphatic heterocycles. The van der Waals surface area contributed by atoms with Crippen molar-refractivity contribution >= 4 is 52.8 Å². The van der Waals surface area contributed by atoms with Crippen LogP contribution in [0.15, 0.2) is 42.7 Å². The number of amides is 7. The number of carbonyl (C=O) groups excluding carboxylic acids is 6. The number of fused-ring (bicyclic) bond motifs is 3. The molecule has 2 aromatic carbocycles. The first-order valence-electron chi connectivity index (χ1n) is 22.3. The molecule has 0 bridgehead atoms. The summed E-state index contributed by atoms with van der Waals surface area (Å²) >= 11 is 0. The fraction of sp³-hybridized carbons (Fsp3) is 0.467. The van der Waals surface area contributed by atoms with Crippen LogP contribution in [0.2, 0.25) is 0 Å². The summed E-state index contributed by atoms with van der Waals surface area (Å²) in [5.74, 6) is -1.95. The molecule has 4 N–H and O–H groups in total. The highest BCUT2D eigenvalue weighted by molar-refractivity contribution is 6.23. The molecule has 7 heterocycles. The number of rotatable bonds is 14.